The summed E-state index contributed by atoms with van der Waals surface area (Å²) >= 11 is 0. The molecule has 1 N–H and O–H groups in total. The highest BCUT2D eigenvalue weighted by Gasteiger charge is 2.24. The van der Waals surface area contributed by atoms with Gasteiger partial charge >= 0.3 is 7.82 Å². The van der Waals surface area contributed by atoms with Crippen LogP contribution < -0.4 is 0 Å². The van der Waals surface area contributed by atoms with Crippen molar-refractivity contribution < 1.29 is 28.0 Å². The van der Waals surface area contributed by atoms with Gasteiger partial charge in [-0.05, 0) is 11.8 Å². The van der Waals surface area contributed by atoms with Crippen LogP contribution in [0.25, 0.3) is 0 Å². The van der Waals surface area contributed by atoms with Gasteiger partial charge in [0.05, 0.1) is 19.8 Å². The molecule has 2 unspecified atom stereocenters. The second kappa shape index (κ2) is 8.25. The fraction of sp³-hybridized carbons (Fsp3) is 1.00. The molecule has 0 aromatic rings. The van der Waals surface area contributed by atoms with E-state index < -0.39 is 7.82 Å². The van der Waals surface area contributed by atoms with Crippen molar-refractivity contribution in [1.29, 1.82) is 0 Å². The molecule has 0 amide bonds. The number of hydrogen-bond acceptors (Lipinski definition) is 5. The van der Waals surface area contributed by atoms with E-state index in [1.807, 2.05) is 20.8 Å². The molecule has 0 aromatic carbocycles. The summed E-state index contributed by atoms with van der Waals surface area (Å²) in [5.74, 6) is 0. The van der Waals surface area contributed by atoms with E-state index in [1.54, 1.807) is 0 Å². The van der Waals surface area contributed by atoms with Crippen molar-refractivity contribution in [3.05, 3.63) is 0 Å². The van der Waals surface area contributed by atoms with Gasteiger partial charge in [0.1, 0.15) is 6.10 Å². The van der Waals surface area contributed by atoms with Crippen LogP contribution in [0.2, 0.25) is 0 Å². The molecule has 0 radical (unpaired) electrons. The molecule has 0 aliphatic rings. The third-order valence-electron chi connectivity index (χ3n) is 2.22. The summed E-state index contributed by atoms with van der Waals surface area (Å²) in [6.07, 6.45) is 0.286. The number of phosphoric acid groups is 1. The summed E-state index contributed by atoms with van der Waals surface area (Å²) in [4.78, 5) is 9.44. The Balaban J connectivity index is 3.96. The van der Waals surface area contributed by atoms with Crippen molar-refractivity contribution in [2.24, 2.45) is 5.41 Å². The Morgan fingerprint density at radius 1 is 1.17 bits per heavy atom. The first-order chi connectivity index (χ1) is 8.20. The number of ether oxygens (including phenoxy) is 2. The maximum Gasteiger partial charge on any atom is 0.472 e. The van der Waals surface area contributed by atoms with Gasteiger partial charge in [-0.15, -0.1) is 0 Å². The van der Waals surface area contributed by atoms with Crippen molar-refractivity contribution in [3.63, 3.8) is 0 Å². The fourth-order valence-corrected chi connectivity index (χ4v) is 1.80. The van der Waals surface area contributed by atoms with E-state index in [2.05, 4.69) is 0 Å². The lowest BCUT2D eigenvalue weighted by atomic mass is 9.93. The Labute approximate surface area is 109 Å². The number of hydrogen-bond donors (Lipinski definition) is 1. The van der Waals surface area contributed by atoms with E-state index in [4.69, 9.17) is 18.5 Å². The van der Waals surface area contributed by atoms with Crippen LogP contribution in [0.3, 0.4) is 0 Å². The van der Waals surface area contributed by atoms with Gasteiger partial charge in [0.15, 0.2) is 0 Å². The third-order valence-corrected chi connectivity index (χ3v) is 3.20. The summed E-state index contributed by atoms with van der Waals surface area (Å²) in [5.41, 5.74) is 0.0467. The maximum atomic E-state index is 11.5. The zero-order chi connectivity index (χ0) is 14.2. The minimum atomic E-state index is -4.00. The van der Waals surface area contributed by atoms with E-state index in [0.717, 1.165) is 0 Å². The molecular weight excluding hydrogens is 259 g/mol. The lowest BCUT2D eigenvalue weighted by Crippen LogP contribution is -2.23. The topological polar surface area (TPSA) is 74.2 Å². The van der Waals surface area contributed by atoms with Crippen LogP contribution in [-0.2, 0) is 23.1 Å². The van der Waals surface area contributed by atoms with E-state index in [1.165, 1.54) is 14.2 Å². The van der Waals surface area contributed by atoms with Gasteiger partial charge in [0.25, 0.3) is 0 Å². The highest BCUT2D eigenvalue weighted by molar-refractivity contribution is 7.47. The summed E-state index contributed by atoms with van der Waals surface area (Å²) in [5, 5.41) is 0. The highest BCUT2D eigenvalue weighted by atomic mass is 31.2. The molecule has 0 saturated heterocycles. The summed E-state index contributed by atoms with van der Waals surface area (Å²) < 4.78 is 31.1. The normalized spacial score (nSPS) is 17.4. The first-order valence-corrected chi connectivity index (χ1v) is 7.33. The van der Waals surface area contributed by atoms with Gasteiger partial charge in [-0.1, -0.05) is 20.8 Å². The van der Waals surface area contributed by atoms with Gasteiger partial charge in [-0.3, -0.25) is 9.05 Å². The van der Waals surface area contributed by atoms with Gasteiger partial charge in [0, 0.05) is 14.2 Å². The van der Waals surface area contributed by atoms with Crippen LogP contribution in [0, 0.1) is 5.41 Å². The van der Waals surface area contributed by atoms with E-state index in [0.29, 0.717) is 13.0 Å². The number of methoxy groups -OCH3 is 2. The highest BCUT2D eigenvalue weighted by Crippen LogP contribution is 2.43. The van der Waals surface area contributed by atoms with Crippen molar-refractivity contribution in [2.75, 3.05) is 34.0 Å². The Bertz CT molecular complexity index is 263. The Hall–Kier alpha value is 0.0300. The summed E-state index contributed by atoms with van der Waals surface area (Å²) in [7, 11) is -1.00. The molecule has 18 heavy (non-hydrogen) atoms. The molecule has 0 fully saturated rings. The molecule has 2 atom stereocenters. The fourth-order valence-electron chi connectivity index (χ4n) is 1.05. The predicted molar refractivity (Wildman–Crippen MR) is 68.5 cm³/mol. The van der Waals surface area contributed by atoms with Gasteiger partial charge in [-0.2, -0.15) is 0 Å². The second-order valence-corrected chi connectivity index (χ2v) is 6.67. The largest absolute Gasteiger partial charge is 0.472 e. The Morgan fingerprint density at radius 3 is 2.22 bits per heavy atom. The molecule has 0 saturated carbocycles. The number of phosphoric ester groups is 1. The van der Waals surface area contributed by atoms with Crippen LogP contribution >= 0.6 is 7.82 Å². The lowest BCUT2D eigenvalue weighted by Gasteiger charge is -2.20. The van der Waals surface area contributed by atoms with E-state index in [9.17, 15) is 9.46 Å². The molecule has 0 aliphatic carbocycles. The third kappa shape index (κ3) is 10.00. The van der Waals surface area contributed by atoms with E-state index >= 15 is 0 Å². The minimum absolute atomic E-state index is 0.0467. The molecule has 0 aromatic heterocycles. The summed E-state index contributed by atoms with van der Waals surface area (Å²) in [6.45, 7) is 6.50. The van der Waals surface area contributed by atoms with Crippen LogP contribution in [0.15, 0.2) is 0 Å². The van der Waals surface area contributed by atoms with Crippen molar-refractivity contribution in [1.82, 2.24) is 0 Å². The molecule has 0 heterocycles. The van der Waals surface area contributed by atoms with Gasteiger partial charge in [-0.25, -0.2) is 4.57 Å². The average Bonchev–Trinajstić information content (AvgIpc) is 2.22. The van der Waals surface area contributed by atoms with Crippen LogP contribution in [-0.4, -0.2) is 45.0 Å². The second-order valence-electron chi connectivity index (χ2n) is 5.22. The minimum Gasteiger partial charge on any atom is -0.382 e. The standard InChI is InChI=1S/C11H25O6P/c1-11(2,3)6-7-16-18(12,13)17-9-10(15-5)8-14-4/h10H,6-9H2,1-5H3,(H,12,13). The molecule has 7 heteroatoms. The lowest BCUT2D eigenvalue weighted by molar-refractivity contribution is -0.00847. The smallest absolute Gasteiger partial charge is 0.382 e. The van der Waals surface area contributed by atoms with Crippen molar-refractivity contribution in [2.45, 2.75) is 33.3 Å². The molecule has 6 nitrogen and oxygen atoms in total. The predicted octanol–water partition coefficient (Wildman–Crippen LogP) is 2.22. The van der Waals surface area contributed by atoms with Crippen LogP contribution in [0.4, 0.5) is 0 Å². The molecule has 0 bridgehead atoms. The zero-order valence-electron chi connectivity index (χ0n) is 11.8. The first-order valence-electron chi connectivity index (χ1n) is 5.84. The number of rotatable bonds is 9. The Morgan fingerprint density at radius 2 is 1.78 bits per heavy atom. The SMILES string of the molecule is COCC(COP(=O)(O)OCCC(C)(C)C)OC. The maximum absolute atomic E-state index is 11.5. The van der Waals surface area contributed by atoms with Gasteiger partial charge < -0.3 is 14.4 Å². The molecule has 0 aliphatic heterocycles. The molecule has 0 spiro atoms. The Kier molecular flexibility index (Phi) is 8.26. The van der Waals surface area contributed by atoms with Crippen LogP contribution in [0.1, 0.15) is 27.2 Å². The zero-order valence-corrected chi connectivity index (χ0v) is 12.7. The van der Waals surface area contributed by atoms with Crippen LogP contribution in [0.5, 0.6) is 0 Å². The van der Waals surface area contributed by atoms with E-state index in [-0.39, 0.29) is 24.7 Å². The molecule has 110 valence electrons. The molecular formula is C11H25O6P. The van der Waals surface area contributed by atoms with Crippen molar-refractivity contribution in [3.8, 4) is 0 Å². The average molecular weight is 284 g/mol. The van der Waals surface area contributed by atoms with Gasteiger partial charge in [0.2, 0.25) is 0 Å². The summed E-state index contributed by atoms with van der Waals surface area (Å²) in [6, 6.07) is 0. The van der Waals surface area contributed by atoms with Crippen molar-refractivity contribution >= 4 is 7.82 Å². The quantitative estimate of drug-likeness (QED) is 0.654. The molecule has 0 rings (SSSR count). The first kappa shape index (κ1) is 18.0. The monoisotopic (exact) mass is 284 g/mol.